The number of nitrogens with one attached hydrogen (secondary N) is 1. The van der Waals surface area contributed by atoms with Gasteiger partial charge in [0.25, 0.3) is 0 Å². The normalized spacial score (nSPS) is 27.0. The Morgan fingerprint density at radius 3 is 2.62 bits per heavy atom. The van der Waals surface area contributed by atoms with E-state index in [-0.39, 0.29) is 23.1 Å². The fourth-order valence-corrected chi connectivity index (χ4v) is 2.39. The summed E-state index contributed by atoms with van der Waals surface area (Å²) in [4.78, 5) is 2.13. The van der Waals surface area contributed by atoms with Crippen molar-refractivity contribution in [3.63, 3.8) is 0 Å². The van der Waals surface area contributed by atoms with E-state index in [0.717, 1.165) is 13.1 Å². The van der Waals surface area contributed by atoms with Crippen molar-refractivity contribution in [3.8, 4) is 0 Å². The second kappa shape index (κ2) is 5.14. The summed E-state index contributed by atoms with van der Waals surface area (Å²) in [5, 5.41) is 3.34. The van der Waals surface area contributed by atoms with E-state index in [1.54, 1.807) is 0 Å². The van der Waals surface area contributed by atoms with Crippen LogP contribution in [0.1, 0.15) is 20.8 Å². The van der Waals surface area contributed by atoms with Gasteiger partial charge >= 0.3 is 5.51 Å². The standard InChI is InChI=1S/C10H19F3N2S/c1-8-6-15(9(2,3)7-14-8)4-5-16-10(11,12)13/h8,14H,4-7H2,1-3H3. The first-order valence-corrected chi connectivity index (χ1v) is 6.38. The van der Waals surface area contributed by atoms with Gasteiger partial charge in [0.05, 0.1) is 0 Å². The van der Waals surface area contributed by atoms with Crippen molar-refractivity contribution < 1.29 is 13.2 Å². The molecule has 0 aliphatic carbocycles. The Morgan fingerprint density at radius 2 is 2.06 bits per heavy atom. The minimum atomic E-state index is -4.11. The Labute approximate surface area is 98.9 Å². The van der Waals surface area contributed by atoms with Gasteiger partial charge in [-0.05, 0) is 32.5 Å². The molecule has 1 atom stereocenters. The Morgan fingerprint density at radius 1 is 1.44 bits per heavy atom. The van der Waals surface area contributed by atoms with Gasteiger partial charge in [0.1, 0.15) is 0 Å². The maximum Gasteiger partial charge on any atom is 0.441 e. The second-order valence-corrected chi connectivity index (χ2v) is 5.99. The molecular formula is C10H19F3N2S. The predicted octanol–water partition coefficient (Wildman–Crippen LogP) is 2.31. The van der Waals surface area contributed by atoms with Crippen molar-refractivity contribution >= 4 is 11.8 Å². The molecule has 1 rings (SSSR count). The van der Waals surface area contributed by atoms with Crippen molar-refractivity contribution in [2.75, 3.05) is 25.4 Å². The maximum atomic E-state index is 12.0. The summed E-state index contributed by atoms with van der Waals surface area (Å²) in [5.41, 5.74) is -4.16. The van der Waals surface area contributed by atoms with Crippen LogP contribution in [0.5, 0.6) is 0 Å². The van der Waals surface area contributed by atoms with Crippen LogP contribution in [-0.4, -0.2) is 47.4 Å². The third-order valence-electron chi connectivity index (χ3n) is 2.86. The van der Waals surface area contributed by atoms with E-state index < -0.39 is 5.51 Å². The molecule has 0 aromatic rings. The molecule has 1 fully saturated rings. The van der Waals surface area contributed by atoms with E-state index in [2.05, 4.69) is 31.0 Å². The average molecular weight is 256 g/mol. The van der Waals surface area contributed by atoms with Crippen molar-refractivity contribution in [2.24, 2.45) is 0 Å². The summed E-state index contributed by atoms with van der Waals surface area (Å²) in [6.45, 7) is 8.30. The second-order valence-electron chi connectivity index (χ2n) is 4.83. The fourth-order valence-electron chi connectivity index (χ4n) is 1.84. The molecule has 16 heavy (non-hydrogen) atoms. The SMILES string of the molecule is CC1CN(CCSC(F)(F)F)C(C)(C)CN1. The predicted molar refractivity (Wildman–Crippen MR) is 61.6 cm³/mol. The zero-order chi connectivity index (χ0) is 12.4. The molecule has 1 unspecified atom stereocenters. The fraction of sp³-hybridized carbons (Fsp3) is 1.00. The highest BCUT2D eigenvalue weighted by molar-refractivity contribution is 8.00. The number of hydrogen-bond acceptors (Lipinski definition) is 3. The van der Waals surface area contributed by atoms with E-state index in [4.69, 9.17) is 0 Å². The first-order chi connectivity index (χ1) is 7.21. The molecule has 1 saturated heterocycles. The van der Waals surface area contributed by atoms with Gasteiger partial charge in [-0.3, -0.25) is 4.90 Å². The highest BCUT2D eigenvalue weighted by atomic mass is 32.2. The molecule has 0 radical (unpaired) electrons. The number of hydrogen-bond donors (Lipinski definition) is 1. The molecule has 1 aliphatic heterocycles. The van der Waals surface area contributed by atoms with Gasteiger partial charge in [-0.25, -0.2) is 0 Å². The summed E-state index contributed by atoms with van der Waals surface area (Å²) in [6, 6.07) is 0.351. The van der Waals surface area contributed by atoms with Crippen molar-refractivity contribution in [3.05, 3.63) is 0 Å². The minimum Gasteiger partial charge on any atom is -0.311 e. The molecule has 0 bridgehead atoms. The zero-order valence-electron chi connectivity index (χ0n) is 9.90. The summed E-state index contributed by atoms with van der Waals surface area (Å²) in [5.74, 6) is 0.111. The van der Waals surface area contributed by atoms with E-state index in [1.165, 1.54) is 0 Å². The van der Waals surface area contributed by atoms with Crippen molar-refractivity contribution in [1.82, 2.24) is 10.2 Å². The van der Waals surface area contributed by atoms with Gasteiger partial charge in [-0.1, -0.05) is 0 Å². The summed E-state index contributed by atoms with van der Waals surface area (Å²) in [7, 11) is 0. The van der Waals surface area contributed by atoms with Gasteiger partial charge in [0.15, 0.2) is 0 Å². The lowest BCUT2D eigenvalue weighted by atomic mass is 9.98. The molecule has 1 aliphatic rings. The highest BCUT2D eigenvalue weighted by Crippen LogP contribution is 2.30. The van der Waals surface area contributed by atoms with Crippen LogP contribution in [0.25, 0.3) is 0 Å². The van der Waals surface area contributed by atoms with Crippen molar-refractivity contribution in [2.45, 2.75) is 37.9 Å². The van der Waals surface area contributed by atoms with E-state index in [9.17, 15) is 13.2 Å². The molecule has 6 heteroatoms. The smallest absolute Gasteiger partial charge is 0.311 e. The van der Waals surface area contributed by atoms with Crippen LogP contribution >= 0.6 is 11.8 Å². The van der Waals surface area contributed by atoms with Crippen LogP contribution in [0, 0.1) is 0 Å². The monoisotopic (exact) mass is 256 g/mol. The Hall–Kier alpha value is 0.0600. The Kier molecular flexibility index (Phi) is 4.54. The molecule has 1 N–H and O–H groups in total. The average Bonchev–Trinajstić information content (AvgIpc) is 2.09. The Balaban J connectivity index is 2.39. The lowest BCUT2D eigenvalue weighted by molar-refractivity contribution is -0.0331. The number of piperazine rings is 1. The largest absolute Gasteiger partial charge is 0.441 e. The summed E-state index contributed by atoms with van der Waals surface area (Å²) < 4.78 is 36.0. The quantitative estimate of drug-likeness (QED) is 0.834. The molecule has 0 aromatic carbocycles. The first-order valence-electron chi connectivity index (χ1n) is 5.40. The molecule has 0 aromatic heterocycles. The van der Waals surface area contributed by atoms with Crippen LogP contribution in [0.4, 0.5) is 13.2 Å². The number of thioether (sulfide) groups is 1. The third kappa shape index (κ3) is 4.51. The maximum absolute atomic E-state index is 12.0. The molecule has 0 saturated carbocycles. The van der Waals surface area contributed by atoms with Crippen molar-refractivity contribution in [1.29, 1.82) is 0 Å². The van der Waals surface area contributed by atoms with Gasteiger partial charge in [0.2, 0.25) is 0 Å². The third-order valence-corrected chi connectivity index (χ3v) is 3.57. The molecule has 0 spiro atoms. The highest BCUT2D eigenvalue weighted by Gasteiger charge is 2.33. The van der Waals surface area contributed by atoms with Gasteiger partial charge in [-0.2, -0.15) is 13.2 Å². The van der Waals surface area contributed by atoms with Crippen LogP contribution < -0.4 is 5.32 Å². The number of nitrogens with zero attached hydrogens (tertiary/aromatic N) is 1. The topological polar surface area (TPSA) is 15.3 Å². The minimum absolute atomic E-state index is 0.0569. The lowest BCUT2D eigenvalue weighted by Crippen LogP contribution is -2.61. The van der Waals surface area contributed by atoms with E-state index in [0.29, 0.717) is 12.6 Å². The Bertz CT molecular complexity index is 231. The van der Waals surface area contributed by atoms with E-state index in [1.807, 2.05) is 0 Å². The summed E-state index contributed by atoms with van der Waals surface area (Å²) in [6.07, 6.45) is 0. The number of halogens is 3. The van der Waals surface area contributed by atoms with E-state index >= 15 is 0 Å². The van der Waals surface area contributed by atoms with Gasteiger partial charge < -0.3 is 5.32 Å². The molecule has 1 heterocycles. The summed E-state index contributed by atoms with van der Waals surface area (Å²) >= 11 is 0.0671. The molecular weight excluding hydrogens is 237 g/mol. The van der Waals surface area contributed by atoms with Gasteiger partial charge in [-0.15, -0.1) is 0 Å². The molecule has 2 nitrogen and oxygen atoms in total. The number of alkyl halides is 3. The molecule has 96 valence electrons. The first kappa shape index (κ1) is 14.1. The lowest BCUT2D eigenvalue weighted by Gasteiger charge is -2.45. The number of rotatable bonds is 3. The zero-order valence-corrected chi connectivity index (χ0v) is 10.7. The van der Waals surface area contributed by atoms with Gasteiger partial charge in [0, 0.05) is 37.0 Å². The molecule has 0 amide bonds. The van der Waals surface area contributed by atoms with Crippen LogP contribution in [0.2, 0.25) is 0 Å². The van der Waals surface area contributed by atoms with Crippen LogP contribution in [0.15, 0.2) is 0 Å². The van der Waals surface area contributed by atoms with Crippen LogP contribution in [-0.2, 0) is 0 Å². The van der Waals surface area contributed by atoms with Crippen LogP contribution in [0.3, 0.4) is 0 Å².